The lowest BCUT2D eigenvalue weighted by atomic mass is 9.95. The maximum Gasteiger partial charge on any atom is 0.410 e. The van der Waals surface area contributed by atoms with Crippen LogP contribution < -0.4 is 9.64 Å². The third-order valence-corrected chi connectivity index (χ3v) is 7.92. The van der Waals surface area contributed by atoms with Gasteiger partial charge in [-0.3, -0.25) is 9.80 Å². The van der Waals surface area contributed by atoms with Gasteiger partial charge < -0.3 is 14.4 Å². The van der Waals surface area contributed by atoms with Crippen LogP contribution in [0, 0.1) is 5.82 Å². The Morgan fingerprint density at radius 2 is 1.92 bits per heavy atom. The average Bonchev–Trinajstić information content (AvgIpc) is 3.34. The van der Waals surface area contributed by atoms with Crippen LogP contribution in [0.5, 0.6) is 6.01 Å². The van der Waals surface area contributed by atoms with Crippen LogP contribution in [-0.4, -0.2) is 93.0 Å². The Morgan fingerprint density at radius 1 is 1.21 bits per heavy atom. The van der Waals surface area contributed by atoms with Gasteiger partial charge in [-0.2, -0.15) is 9.97 Å². The van der Waals surface area contributed by atoms with Crippen molar-refractivity contribution >= 4 is 34.4 Å². The minimum Gasteiger partial charge on any atom is -0.461 e. The van der Waals surface area contributed by atoms with Gasteiger partial charge in [0.05, 0.1) is 23.0 Å². The fourth-order valence-corrected chi connectivity index (χ4v) is 6.26. The van der Waals surface area contributed by atoms with E-state index < -0.39 is 23.1 Å². The van der Waals surface area contributed by atoms with Crippen LogP contribution in [0.1, 0.15) is 53.9 Å². The fourth-order valence-electron chi connectivity index (χ4n) is 6.12. The lowest BCUT2D eigenvalue weighted by Gasteiger charge is -2.45. The lowest BCUT2D eigenvalue weighted by Crippen LogP contribution is -2.59. The van der Waals surface area contributed by atoms with Gasteiger partial charge in [0, 0.05) is 32.3 Å². The number of carbonyl (C=O) groups is 1. The quantitative estimate of drug-likeness (QED) is 0.509. The zero-order chi connectivity index (χ0) is 27.4. The summed E-state index contributed by atoms with van der Waals surface area (Å²) in [4.78, 5) is 31.7. The van der Waals surface area contributed by atoms with Crippen molar-refractivity contribution in [1.29, 1.82) is 0 Å². The van der Waals surface area contributed by atoms with Crippen molar-refractivity contribution in [2.45, 2.75) is 83.3 Å². The number of halogens is 3. The van der Waals surface area contributed by atoms with Crippen molar-refractivity contribution in [1.82, 2.24) is 24.8 Å². The number of hydrogen-bond acceptors (Lipinski definition) is 8. The molecule has 3 saturated heterocycles. The monoisotopic (exact) mass is 552 g/mol. The van der Waals surface area contributed by atoms with Crippen molar-refractivity contribution < 1.29 is 23.0 Å². The fraction of sp³-hybridized carbons (Fsp3) is 0.692. The number of alkyl halides is 1. The maximum absolute atomic E-state index is 15.1. The Labute approximate surface area is 226 Å². The number of rotatable bonds is 4. The van der Waals surface area contributed by atoms with Crippen molar-refractivity contribution in [2.24, 2.45) is 0 Å². The summed E-state index contributed by atoms with van der Waals surface area (Å²) >= 11 is 5.99. The number of fused-ring (bicyclic) bond motifs is 2. The summed E-state index contributed by atoms with van der Waals surface area (Å²) in [5, 5.41) is 0.107. The van der Waals surface area contributed by atoms with Crippen LogP contribution in [0.3, 0.4) is 0 Å². The summed E-state index contributed by atoms with van der Waals surface area (Å²) in [5.41, 5.74) is -0.995. The van der Waals surface area contributed by atoms with Crippen LogP contribution in [-0.2, 0) is 4.74 Å². The van der Waals surface area contributed by atoms with Gasteiger partial charge in [0.1, 0.15) is 29.7 Å². The van der Waals surface area contributed by atoms with Crippen LogP contribution in [0.15, 0.2) is 6.20 Å². The molecule has 0 radical (unpaired) electrons. The molecule has 5 heterocycles. The number of piperazine rings is 1. The van der Waals surface area contributed by atoms with E-state index in [1.807, 2.05) is 39.5 Å². The highest BCUT2D eigenvalue weighted by molar-refractivity contribution is 6.30. The summed E-state index contributed by atoms with van der Waals surface area (Å²) in [5.74, 6) is -0.303. The van der Waals surface area contributed by atoms with Gasteiger partial charge in [0.2, 0.25) is 0 Å². The normalized spacial score (nSPS) is 28.2. The summed E-state index contributed by atoms with van der Waals surface area (Å²) in [7, 11) is 0. The molecule has 5 rings (SSSR count). The van der Waals surface area contributed by atoms with Crippen LogP contribution in [0.4, 0.5) is 19.4 Å². The van der Waals surface area contributed by atoms with Gasteiger partial charge in [0.25, 0.3) is 0 Å². The van der Waals surface area contributed by atoms with Gasteiger partial charge in [-0.25, -0.2) is 18.6 Å². The lowest BCUT2D eigenvalue weighted by molar-refractivity contribution is 0.00560. The minimum atomic E-state index is -0.890. The number of carbonyl (C=O) groups excluding carboxylic acids is 1. The molecule has 0 N–H and O–H groups in total. The van der Waals surface area contributed by atoms with Gasteiger partial charge in [0.15, 0.2) is 11.0 Å². The van der Waals surface area contributed by atoms with E-state index >= 15 is 4.39 Å². The summed E-state index contributed by atoms with van der Waals surface area (Å²) in [6, 6.07) is -0.412. The molecular weight excluding hydrogens is 518 g/mol. The van der Waals surface area contributed by atoms with Gasteiger partial charge >= 0.3 is 12.1 Å². The summed E-state index contributed by atoms with van der Waals surface area (Å²) < 4.78 is 41.1. The van der Waals surface area contributed by atoms with E-state index in [0.717, 1.165) is 19.4 Å². The zero-order valence-corrected chi connectivity index (χ0v) is 23.3. The summed E-state index contributed by atoms with van der Waals surface area (Å²) in [6.07, 6.45) is 2.40. The molecule has 38 heavy (non-hydrogen) atoms. The molecular formula is C26H35ClF2N6O3. The van der Waals surface area contributed by atoms with Gasteiger partial charge in [-0.15, -0.1) is 0 Å². The highest BCUT2D eigenvalue weighted by Crippen LogP contribution is 2.40. The van der Waals surface area contributed by atoms with E-state index in [2.05, 4.69) is 19.9 Å². The molecule has 3 aliphatic rings. The third-order valence-electron chi connectivity index (χ3n) is 7.65. The molecule has 9 nitrogen and oxygen atoms in total. The Bertz CT molecular complexity index is 1220. The molecule has 3 aliphatic heterocycles. The Hall–Kier alpha value is -2.53. The molecule has 0 bridgehead atoms. The number of ether oxygens (including phenoxy) is 2. The van der Waals surface area contributed by atoms with Crippen molar-refractivity contribution in [3.8, 4) is 6.01 Å². The topological polar surface area (TPSA) is 83.9 Å². The summed E-state index contributed by atoms with van der Waals surface area (Å²) in [6.45, 7) is 11.7. The molecule has 2 aromatic heterocycles. The molecule has 0 aromatic carbocycles. The molecule has 0 aliphatic carbocycles. The molecule has 4 atom stereocenters. The second-order valence-corrected chi connectivity index (χ2v) is 12.2. The highest BCUT2D eigenvalue weighted by Gasteiger charge is 2.49. The standard InChI is InChI=1S/C26H35ClF2N6O3/c1-15-11-33(12-16(2)35(15)24(36)38-25(3,4)5)22-18-10-30-21(27)19(29)20(18)31-23(32-22)37-14-26-7-6-8-34(26)13-17(28)9-26/h10,15-17H,6-9,11-14H2,1-5H3/t15?,16?,17-,26+/m1/s1. The second-order valence-electron chi connectivity index (χ2n) is 11.8. The van der Waals surface area contributed by atoms with Gasteiger partial charge in [-0.05, 0) is 54.0 Å². The van der Waals surface area contributed by atoms with Crippen molar-refractivity contribution in [3.05, 3.63) is 17.2 Å². The predicted octanol–water partition coefficient (Wildman–Crippen LogP) is 4.61. The SMILES string of the molecule is CC1CN(c2nc(OC[C@@]34CCCN3C[C@H](F)C4)nc3c(F)c(Cl)ncc23)CC(C)N1C(=O)OC(C)(C)C. The number of amides is 1. The first-order valence-electron chi connectivity index (χ1n) is 13.2. The molecule has 0 saturated carbocycles. The molecule has 12 heteroatoms. The predicted molar refractivity (Wildman–Crippen MR) is 140 cm³/mol. The minimum absolute atomic E-state index is 0.00655. The first kappa shape index (κ1) is 27.1. The average molecular weight is 553 g/mol. The smallest absolute Gasteiger partial charge is 0.410 e. The molecule has 3 fully saturated rings. The van der Waals surface area contributed by atoms with Crippen molar-refractivity contribution in [2.75, 3.05) is 37.7 Å². The zero-order valence-electron chi connectivity index (χ0n) is 22.5. The number of aromatic nitrogens is 3. The number of nitrogens with zero attached hydrogens (tertiary/aromatic N) is 6. The van der Waals surface area contributed by atoms with Crippen molar-refractivity contribution in [3.63, 3.8) is 0 Å². The van der Waals surface area contributed by atoms with E-state index in [4.69, 9.17) is 21.1 Å². The molecule has 208 valence electrons. The van der Waals surface area contributed by atoms with E-state index in [9.17, 15) is 9.18 Å². The Balaban J connectivity index is 1.44. The Morgan fingerprint density at radius 3 is 2.61 bits per heavy atom. The molecule has 1 amide bonds. The molecule has 2 aromatic rings. The van der Waals surface area contributed by atoms with E-state index in [-0.39, 0.29) is 41.5 Å². The van der Waals surface area contributed by atoms with E-state index in [1.165, 1.54) is 6.20 Å². The largest absolute Gasteiger partial charge is 0.461 e. The second kappa shape index (κ2) is 9.89. The third kappa shape index (κ3) is 5.06. The number of pyridine rings is 1. The Kier molecular flexibility index (Phi) is 7.04. The number of anilines is 1. The van der Waals surface area contributed by atoms with E-state index in [1.54, 1.807) is 4.90 Å². The maximum atomic E-state index is 15.1. The first-order chi connectivity index (χ1) is 17.9. The highest BCUT2D eigenvalue weighted by atomic mass is 35.5. The van der Waals surface area contributed by atoms with Crippen LogP contribution >= 0.6 is 11.6 Å². The molecule has 0 spiro atoms. The number of hydrogen-bond donors (Lipinski definition) is 0. The van der Waals surface area contributed by atoms with E-state index in [0.29, 0.717) is 37.3 Å². The van der Waals surface area contributed by atoms with Gasteiger partial charge in [-0.1, -0.05) is 11.6 Å². The van der Waals surface area contributed by atoms with Crippen LogP contribution in [0.25, 0.3) is 10.9 Å². The molecule has 2 unspecified atom stereocenters. The van der Waals surface area contributed by atoms with Crippen LogP contribution in [0.2, 0.25) is 5.15 Å². The first-order valence-corrected chi connectivity index (χ1v) is 13.5.